The summed E-state index contributed by atoms with van der Waals surface area (Å²) in [6.45, 7) is 0. The molecule has 0 saturated heterocycles. The number of carbonyl (C=O) groups is 1. The summed E-state index contributed by atoms with van der Waals surface area (Å²) in [7, 11) is -0.854. The first-order valence-corrected chi connectivity index (χ1v) is 9.90. The minimum Gasteiger partial charge on any atom is -0.497 e. The summed E-state index contributed by atoms with van der Waals surface area (Å²) >= 11 is 0. The first-order chi connectivity index (χ1) is 13.3. The summed E-state index contributed by atoms with van der Waals surface area (Å²) in [6.07, 6.45) is 1.44. The van der Waals surface area contributed by atoms with Crippen LogP contribution >= 0.6 is 0 Å². The lowest BCUT2D eigenvalue weighted by Crippen LogP contribution is -2.24. The number of hydrogen-bond donors (Lipinski definition) is 1. The van der Waals surface area contributed by atoms with Crippen LogP contribution in [0.2, 0.25) is 0 Å². The average molecular weight is 403 g/mol. The van der Waals surface area contributed by atoms with E-state index < -0.39 is 27.3 Å². The summed E-state index contributed by atoms with van der Waals surface area (Å²) in [5, 5.41) is 2.21. The second-order valence-electron chi connectivity index (χ2n) is 6.03. The lowest BCUT2D eigenvalue weighted by molar-refractivity contribution is -0.113. The molecular formula is C19H18FN3O4S. The molecule has 0 fully saturated rings. The monoisotopic (exact) mass is 403 g/mol. The van der Waals surface area contributed by atoms with Crippen molar-refractivity contribution in [3.05, 3.63) is 60.5 Å². The standard InChI is InChI=1S/C19H18FN3O4S/c1-23-17(13-3-9-16(27-2)10-4-13)11-21-19(23)28(25,26)12-18(24)22-15-7-5-14(20)6-8-15/h3-11H,12H2,1-2H3,(H,22,24). The van der Waals surface area contributed by atoms with Crippen LogP contribution in [0.25, 0.3) is 11.3 Å². The molecule has 9 heteroatoms. The Kier molecular flexibility index (Phi) is 5.46. The second kappa shape index (κ2) is 7.81. The highest BCUT2D eigenvalue weighted by atomic mass is 32.2. The molecule has 1 N–H and O–H groups in total. The predicted octanol–water partition coefficient (Wildman–Crippen LogP) is 2.65. The van der Waals surface area contributed by atoms with Crippen molar-refractivity contribution in [2.24, 2.45) is 7.05 Å². The third-order valence-electron chi connectivity index (χ3n) is 4.06. The van der Waals surface area contributed by atoms with Crippen LogP contribution in [0.15, 0.2) is 59.9 Å². The SMILES string of the molecule is COc1ccc(-c2cnc(S(=O)(=O)CC(=O)Nc3ccc(F)cc3)n2C)cc1. The van der Waals surface area contributed by atoms with Crippen molar-refractivity contribution in [3.63, 3.8) is 0 Å². The van der Waals surface area contributed by atoms with E-state index in [4.69, 9.17) is 4.74 Å². The van der Waals surface area contributed by atoms with Crippen LogP contribution < -0.4 is 10.1 Å². The normalized spacial score (nSPS) is 11.2. The van der Waals surface area contributed by atoms with Gasteiger partial charge in [-0.2, -0.15) is 0 Å². The summed E-state index contributed by atoms with van der Waals surface area (Å²) in [4.78, 5) is 16.1. The Morgan fingerprint density at radius 2 is 1.79 bits per heavy atom. The summed E-state index contributed by atoms with van der Waals surface area (Å²) in [5.74, 6) is -1.29. The molecule has 0 aliphatic rings. The Morgan fingerprint density at radius 1 is 1.14 bits per heavy atom. The number of anilines is 1. The molecule has 146 valence electrons. The third-order valence-corrected chi connectivity index (χ3v) is 5.64. The fourth-order valence-corrected chi connectivity index (χ4v) is 3.95. The van der Waals surface area contributed by atoms with Crippen LogP contribution in [0.1, 0.15) is 0 Å². The van der Waals surface area contributed by atoms with Crippen LogP contribution in [-0.2, 0) is 21.7 Å². The van der Waals surface area contributed by atoms with E-state index in [2.05, 4.69) is 10.3 Å². The van der Waals surface area contributed by atoms with Crippen LogP contribution in [0, 0.1) is 5.82 Å². The highest BCUT2D eigenvalue weighted by molar-refractivity contribution is 7.92. The van der Waals surface area contributed by atoms with Gasteiger partial charge in [0.1, 0.15) is 17.3 Å². The van der Waals surface area contributed by atoms with Crippen LogP contribution in [-0.4, -0.2) is 36.7 Å². The maximum Gasteiger partial charge on any atom is 0.240 e. The minimum atomic E-state index is -3.98. The fraction of sp³-hybridized carbons (Fsp3) is 0.158. The van der Waals surface area contributed by atoms with Crippen molar-refractivity contribution >= 4 is 21.4 Å². The Labute approximate surface area is 161 Å². The Balaban J connectivity index is 1.78. The second-order valence-corrected chi connectivity index (χ2v) is 7.91. The van der Waals surface area contributed by atoms with Crippen molar-refractivity contribution in [3.8, 4) is 17.0 Å². The Hall–Kier alpha value is -3.20. The molecule has 3 rings (SSSR count). The van der Waals surface area contributed by atoms with Gasteiger partial charge < -0.3 is 14.6 Å². The topological polar surface area (TPSA) is 90.3 Å². The molecule has 0 radical (unpaired) electrons. The highest BCUT2D eigenvalue weighted by Gasteiger charge is 2.25. The molecule has 0 atom stereocenters. The maximum atomic E-state index is 12.9. The van der Waals surface area contributed by atoms with Crippen LogP contribution in [0.5, 0.6) is 5.75 Å². The molecule has 1 aromatic heterocycles. The largest absolute Gasteiger partial charge is 0.497 e. The number of halogens is 1. The zero-order valence-electron chi connectivity index (χ0n) is 15.2. The number of sulfone groups is 1. The zero-order chi connectivity index (χ0) is 20.3. The molecule has 1 heterocycles. The van der Waals surface area contributed by atoms with Crippen molar-refractivity contribution in [1.29, 1.82) is 0 Å². The predicted molar refractivity (Wildman–Crippen MR) is 102 cm³/mol. The number of methoxy groups -OCH3 is 1. The number of imidazole rings is 1. The van der Waals surface area contributed by atoms with E-state index in [9.17, 15) is 17.6 Å². The van der Waals surface area contributed by atoms with Crippen molar-refractivity contribution in [2.45, 2.75) is 5.16 Å². The number of ether oxygens (including phenoxy) is 1. The van der Waals surface area contributed by atoms with Gasteiger partial charge in [0.25, 0.3) is 0 Å². The third kappa shape index (κ3) is 4.20. The van der Waals surface area contributed by atoms with Crippen molar-refractivity contribution in [2.75, 3.05) is 18.2 Å². The summed E-state index contributed by atoms with van der Waals surface area (Å²) < 4.78 is 44.7. The summed E-state index contributed by atoms with van der Waals surface area (Å²) in [6, 6.07) is 12.1. The minimum absolute atomic E-state index is 0.215. The number of aromatic nitrogens is 2. The molecule has 0 spiro atoms. The molecule has 1 amide bonds. The first kappa shape index (κ1) is 19.6. The molecule has 7 nitrogen and oxygen atoms in total. The van der Waals surface area contributed by atoms with E-state index in [1.807, 2.05) is 0 Å². The van der Waals surface area contributed by atoms with Gasteiger partial charge in [0.15, 0.2) is 0 Å². The molecule has 0 aliphatic heterocycles. The first-order valence-electron chi connectivity index (χ1n) is 8.24. The van der Waals surface area contributed by atoms with Crippen LogP contribution in [0.4, 0.5) is 10.1 Å². The number of benzene rings is 2. The fourth-order valence-electron chi connectivity index (χ4n) is 2.68. The average Bonchev–Trinajstić information content (AvgIpc) is 3.05. The van der Waals surface area contributed by atoms with E-state index in [0.29, 0.717) is 17.1 Å². The molecule has 28 heavy (non-hydrogen) atoms. The highest BCUT2D eigenvalue weighted by Crippen LogP contribution is 2.24. The number of nitrogens with one attached hydrogen (secondary N) is 1. The van der Waals surface area contributed by atoms with Gasteiger partial charge in [-0.15, -0.1) is 0 Å². The maximum absolute atomic E-state index is 12.9. The van der Waals surface area contributed by atoms with Gasteiger partial charge in [0, 0.05) is 18.3 Å². The Bertz CT molecular complexity index is 1090. The number of hydrogen-bond acceptors (Lipinski definition) is 5. The number of nitrogens with zero attached hydrogens (tertiary/aromatic N) is 2. The van der Waals surface area contributed by atoms with Gasteiger partial charge in [-0.1, -0.05) is 0 Å². The van der Waals surface area contributed by atoms with E-state index >= 15 is 0 Å². The molecule has 0 saturated carbocycles. The lowest BCUT2D eigenvalue weighted by Gasteiger charge is -2.08. The smallest absolute Gasteiger partial charge is 0.240 e. The molecule has 3 aromatic rings. The van der Waals surface area contributed by atoms with Gasteiger partial charge in [0.2, 0.25) is 20.9 Å². The van der Waals surface area contributed by atoms with Gasteiger partial charge in [0.05, 0.1) is 19.0 Å². The molecule has 2 aromatic carbocycles. The van der Waals surface area contributed by atoms with Gasteiger partial charge >= 0.3 is 0 Å². The molecule has 0 unspecified atom stereocenters. The van der Waals surface area contributed by atoms with E-state index in [1.54, 1.807) is 38.4 Å². The van der Waals surface area contributed by atoms with Crippen molar-refractivity contribution in [1.82, 2.24) is 9.55 Å². The molecule has 0 bridgehead atoms. The van der Waals surface area contributed by atoms with Crippen LogP contribution in [0.3, 0.4) is 0 Å². The lowest BCUT2D eigenvalue weighted by atomic mass is 10.1. The quantitative estimate of drug-likeness (QED) is 0.683. The van der Waals surface area contributed by atoms with Crippen molar-refractivity contribution < 1.29 is 22.3 Å². The molecule has 0 aliphatic carbocycles. The van der Waals surface area contributed by atoms with Gasteiger partial charge in [-0.25, -0.2) is 17.8 Å². The number of rotatable bonds is 6. The number of amides is 1. The van der Waals surface area contributed by atoms with E-state index in [0.717, 1.165) is 5.56 Å². The number of carbonyl (C=O) groups excluding carboxylic acids is 1. The van der Waals surface area contributed by atoms with E-state index in [1.165, 1.54) is 35.0 Å². The van der Waals surface area contributed by atoms with Gasteiger partial charge in [-0.05, 0) is 48.5 Å². The summed E-state index contributed by atoms with van der Waals surface area (Å²) in [5.41, 5.74) is 1.65. The Morgan fingerprint density at radius 3 is 2.39 bits per heavy atom. The van der Waals surface area contributed by atoms with Gasteiger partial charge in [-0.3, -0.25) is 4.79 Å². The molecular weight excluding hydrogens is 385 g/mol. The zero-order valence-corrected chi connectivity index (χ0v) is 16.0. The van der Waals surface area contributed by atoms with E-state index in [-0.39, 0.29) is 5.16 Å².